The number of amides is 1. The molecule has 2 heterocycles. The molecule has 1 aliphatic rings. The largest absolute Gasteiger partial charge is 0.380 e. The molecule has 0 unspecified atom stereocenters. The summed E-state index contributed by atoms with van der Waals surface area (Å²) in [4.78, 5) is 14.8. The number of methoxy groups -OCH3 is 1. The molecule has 0 bridgehead atoms. The minimum Gasteiger partial charge on any atom is -0.380 e. The van der Waals surface area contributed by atoms with Crippen molar-refractivity contribution in [2.75, 3.05) is 30.4 Å². The van der Waals surface area contributed by atoms with Crippen LogP contribution in [-0.2, 0) is 4.74 Å². The summed E-state index contributed by atoms with van der Waals surface area (Å²) in [7, 11) is 1.76. The standard InChI is InChI=1S/C22H23N3O2/c1-27-21-12-15-25(16-21)20-10-6-18(7-11-20)23-22(26)17-4-8-19(9-5-17)24-13-2-3-14-24/h2-11,13-14,21H,12,15-16H2,1H3,(H,23,26)/t21-/m0/s1. The van der Waals surface area contributed by atoms with Crippen LogP contribution in [0.4, 0.5) is 11.4 Å². The summed E-state index contributed by atoms with van der Waals surface area (Å²) in [5.74, 6) is -0.109. The molecule has 1 fully saturated rings. The van der Waals surface area contributed by atoms with Crippen LogP contribution in [0, 0.1) is 0 Å². The van der Waals surface area contributed by atoms with Crippen molar-refractivity contribution in [1.29, 1.82) is 0 Å². The minimum absolute atomic E-state index is 0.109. The molecular formula is C22H23N3O2. The van der Waals surface area contributed by atoms with Gasteiger partial charge in [0.15, 0.2) is 0 Å². The van der Waals surface area contributed by atoms with Crippen LogP contribution in [0.2, 0.25) is 0 Å². The molecule has 1 aromatic heterocycles. The molecular weight excluding hydrogens is 338 g/mol. The molecule has 1 N–H and O–H groups in total. The van der Waals surface area contributed by atoms with Crippen LogP contribution in [0.3, 0.4) is 0 Å². The maximum atomic E-state index is 12.5. The zero-order valence-electron chi connectivity index (χ0n) is 15.3. The molecule has 5 nitrogen and oxygen atoms in total. The van der Waals surface area contributed by atoms with E-state index in [0.29, 0.717) is 11.7 Å². The molecule has 1 saturated heterocycles. The van der Waals surface area contributed by atoms with E-state index in [1.807, 2.05) is 77.6 Å². The lowest BCUT2D eigenvalue weighted by Gasteiger charge is -2.18. The summed E-state index contributed by atoms with van der Waals surface area (Å²) >= 11 is 0. The predicted molar refractivity (Wildman–Crippen MR) is 108 cm³/mol. The number of benzene rings is 2. The molecule has 0 aliphatic carbocycles. The van der Waals surface area contributed by atoms with Crippen LogP contribution >= 0.6 is 0 Å². The van der Waals surface area contributed by atoms with Crippen LogP contribution in [0.25, 0.3) is 5.69 Å². The van der Waals surface area contributed by atoms with Crippen LogP contribution < -0.4 is 10.2 Å². The van der Waals surface area contributed by atoms with Gasteiger partial charge in [-0.3, -0.25) is 4.79 Å². The van der Waals surface area contributed by atoms with E-state index in [-0.39, 0.29) is 5.91 Å². The molecule has 0 spiro atoms. The van der Waals surface area contributed by atoms with E-state index in [9.17, 15) is 4.79 Å². The highest BCUT2D eigenvalue weighted by atomic mass is 16.5. The van der Waals surface area contributed by atoms with Crippen molar-refractivity contribution in [2.24, 2.45) is 0 Å². The average molecular weight is 361 g/mol. The maximum absolute atomic E-state index is 12.5. The van der Waals surface area contributed by atoms with Crippen molar-refractivity contribution in [3.05, 3.63) is 78.6 Å². The van der Waals surface area contributed by atoms with E-state index in [1.54, 1.807) is 7.11 Å². The van der Waals surface area contributed by atoms with Crippen molar-refractivity contribution < 1.29 is 9.53 Å². The third kappa shape index (κ3) is 3.88. The Morgan fingerprint density at radius 3 is 2.30 bits per heavy atom. The van der Waals surface area contributed by atoms with Gasteiger partial charge in [0.25, 0.3) is 5.91 Å². The fraction of sp³-hybridized carbons (Fsp3) is 0.227. The van der Waals surface area contributed by atoms with E-state index in [4.69, 9.17) is 4.74 Å². The molecule has 27 heavy (non-hydrogen) atoms. The van der Waals surface area contributed by atoms with E-state index in [0.717, 1.165) is 36.6 Å². The molecule has 3 aromatic rings. The van der Waals surface area contributed by atoms with Gasteiger partial charge in [0, 0.05) is 55.2 Å². The monoisotopic (exact) mass is 361 g/mol. The Hall–Kier alpha value is -3.05. The third-order valence-corrected chi connectivity index (χ3v) is 5.00. The minimum atomic E-state index is -0.109. The Balaban J connectivity index is 1.39. The van der Waals surface area contributed by atoms with Crippen LogP contribution in [-0.4, -0.2) is 36.8 Å². The number of rotatable bonds is 5. The second-order valence-electron chi connectivity index (χ2n) is 6.73. The molecule has 1 aliphatic heterocycles. The van der Waals surface area contributed by atoms with Crippen LogP contribution in [0.5, 0.6) is 0 Å². The highest BCUT2D eigenvalue weighted by Crippen LogP contribution is 2.23. The van der Waals surface area contributed by atoms with Crippen LogP contribution in [0.1, 0.15) is 16.8 Å². The predicted octanol–water partition coefficient (Wildman–Crippen LogP) is 3.95. The van der Waals surface area contributed by atoms with Crippen molar-refractivity contribution >= 4 is 17.3 Å². The molecule has 0 radical (unpaired) electrons. The quantitative estimate of drug-likeness (QED) is 0.748. The highest BCUT2D eigenvalue weighted by Gasteiger charge is 2.22. The topological polar surface area (TPSA) is 46.5 Å². The summed E-state index contributed by atoms with van der Waals surface area (Å²) < 4.78 is 7.43. The smallest absolute Gasteiger partial charge is 0.255 e. The first-order valence-corrected chi connectivity index (χ1v) is 9.15. The van der Waals surface area contributed by atoms with Gasteiger partial charge in [-0.1, -0.05) is 0 Å². The first-order chi connectivity index (χ1) is 13.2. The van der Waals surface area contributed by atoms with Gasteiger partial charge in [0.2, 0.25) is 0 Å². The molecule has 138 valence electrons. The van der Waals surface area contributed by atoms with Gasteiger partial charge in [-0.15, -0.1) is 0 Å². The second-order valence-corrected chi connectivity index (χ2v) is 6.73. The maximum Gasteiger partial charge on any atom is 0.255 e. The lowest BCUT2D eigenvalue weighted by molar-refractivity contribution is 0.102. The summed E-state index contributed by atoms with van der Waals surface area (Å²) in [6.07, 6.45) is 5.31. The molecule has 2 aromatic carbocycles. The molecule has 1 amide bonds. The van der Waals surface area contributed by atoms with Crippen molar-refractivity contribution in [3.63, 3.8) is 0 Å². The number of ether oxygens (including phenoxy) is 1. The van der Waals surface area contributed by atoms with E-state index < -0.39 is 0 Å². The van der Waals surface area contributed by atoms with E-state index in [1.165, 1.54) is 0 Å². The molecule has 1 atom stereocenters. The van der Waals surface area contributed by atoms with Gasteiger partial charge in [-0.2, -0.15) is 0 Å². The van der Waals surface area contributed by atoms with Gasteiger partial charge < -0.3 is 19.5 Å². The highest BCUT2D eigenvalue weighted by molar-refractivity contribution is 6.04. The van der Waals surface area contributed by atoms with E-state index >= 15 is 0 Å². The normalized spacial score (nSPS) is 16.5. The van der Waals surface area contributed by atoms with Gasteiger partial charge in [0.05, 0.1) is 6.10 Å². The van der Waals surface area contributed by atoms with Gasteiger partial charge in [0.1, 0.15) is 0 Å². The van der Waals surface area contributed by atoms with E-state index in [2.05, 4.69) is 10.2 Å². The number of anilines is 2. The second kappa shape index (κ2) is 7.68. The van der Waals surface area contributed by atoms with Gasteiger partial charge in [-0.25, -0.2) is 0 Å². The summed E-state index contributed by atoms with van der Waals surface area (Å²) in [5, 5.41) is 2.96. The van der Waals surface area contributed by atoms with Crippen LogP contribution in [0.15, 0.2) is 73.1 Å². The number of nitrogens with one attached hydrogen (secondary N) is 1. The zero-order chi connectivity index (χ0) is 18.6. The number of aromatic nitrogens is 1. The fourth-order valence-corrected chi connectivity index (χ4v) is 3.41. The van der Waals surface area contributed by atoms with Crippen molar-refractivity contribution in [2.45, 2.75) is 12.5 Å². The Kier molecular flexibility index (Phi) is 4.94. The van der Waals surface area contributed by atoms with Crippen molar-refractivity contribution in [1.82, 2.24) is 4.57 Å². The lowest BCUT2D eigenvalue weighted by Crippen LogP contribution is -2.22. The number of nitrogens with zero attached hydrogens (tertiary/aromatic N) is 2. The van der Waals surface area contributed by atoms with Gasteiger partial charge in [-0.05, 0) is 67.1 Å². The molecule has 4 rings (SSSR count). The Morgan fingerprint density at radius 1 is 1.00 bits per heavy atom. The number of hydrogen-bond donors (Lipinski definition) is 1. The summed E-state index contributed by atoms with van der Waals surface area (Å²) in [6, 6.07) is 19.5. The molecule has 0 saturated carbocycles. The average Bonchev–Trinajstić information content (AvgIpc) is 3.41. The van der Waals surface area contributed by atoms with Crippen molar-refractivity contribution in [3.8, 4) is 5.69 Å². The Bertz CT molecular complexity index is 886. The third-order valence-electron chi connectivity index (χ3n) is 5.00. The summed E-state index contributed by atoms with van der Waals surface area (Å²) in [6.45, 7) is 1.91. The zero-order valence-corrected chi connectivity index (χ0v) is 15.3. The number of carbonyl (C=O) groups excluding carboxylic acids is 1. The summed E-state index contributed by atoms with van der Waals surface area (Å²) in [5.41, 5.74) is 3.61. The first-order valence-electron chi connectivity index (χ1n) is 9.15. The number of carbonyl (C=O) groups is 1. The van der Waals surface area contributed by atoms with Gasteiger partial charge >= 0.3 is 0 Å². The number of hydrogen-bond acceptors (Lipinski definition) is 3. The SMILES string of the molecule is CO[C@H]1CCN(c2ccc(NC(=O)c3ccc(-n4cccc4)cc3)cc2)C1. The Morgan fingerprint density at radius 2 is 1.67 bits per heavy atom. The fourth-order valence-electron chi connectivity index (χ4n) is 3.41. The lowest BCUT2D eigenvalue weighted by atomic mass is 10.2. The first kappa shape index (κ1) is 17.4. The Labute approximate surface area is 159 Å². The molecule has 5 heteroatoms.